The van der Waals surface area contributed by atoms with Crippen molar-refractivity contribution >= 4 is 26.8 Å². The third-order valence-corrected chi connectivity index (χ3v) is 7.75. The van der Waals surface area contributed by atoms with E-state index in [2.05, 4.69) is 4.98 Å². The van der Waals surface area contributed by atoms with Gasteiger partial charge in [-0.15, -0.1) is 0 Å². The molecular formula is C24H27N3O4S. The Morgan fingerprint density at radius 3 is 2.56 bits per heavy atom. The van der Waals surface area contributed by atoms with E-state index >= 15 is 0 Å². The van der Waals surface area contributed by atoms with Crippen LogP contribution >= 0.6 is 0 Å². The topological polar surface area (TPSA) is 79.8 Å². The van der Waals surface area contributed by atoms with E-state index in [1.807, 2.05) is 43.3 Å². The molecule has 7 nitrogen and oxygen atoms in total. The number of hydrogen-bond donors (Lipinski definition) is 0. The van der Waals surface area contributed by atoms with Crippen LogP contribution in [-0.2, 0) is 21.2 Å². The van der Waals surface area contributed by atoms with Crippen molar-refractivity contribution in [2.45, 2.75) is 24.7 Å². The molecule has 2 heterocycles. The highest BCUT2D eigenvalue weighted by Crippen LogP contribution is 2.26. The number of hydrogen-bond acceptors (Lipinski definition) is 5. The first-order valence-electron chi connectivity index (χ1n) is 10.7. The highest BCUT2D eigenvalue weighted by Gasteiger charge is 2.31. The van der Waals surface area contributed by atoms with E-state index in [1.165, 1.54) is 4.31 Å². The summed E-state index contributed by atoms with van der Waals surface area (Å²) in [5.41, 5.74) is 2.45. The zero-order valence-corrected chi connectivity index (χ0v) is 19.1. The standard InChI is InChI=1S/C24H27N3O4S/c1-18-16-20-7-5-9-22(24(20)25-17-18)32(29,30)27-14-12-26(13-15-27)23(28)11-10-19-6-3-4-8-21(19)31-2/h3-9,16-17H,10-15H2,1-2H3. The molecule has 2 aromatic carbocycles. The molecule has 168 valence electrons. The molecule has 0 bridgehead atoms. The molecule has 1 saturated heterocycles. The van der Waals surface area contributed by atoms with Crippen molar-refractivity contribution in [1.82, 2.24) is 14.2 Å². The lowest BCUT2D eigenvalue weighted by atomic mass is 10.1. The summed E-state index contributed by atoms with van der Waals surface area (Å²) < 4.78 is 33.4. The highest BCUT2D eigenvalue weighted by molar-refractivity contribution is 7.89. The molecule has 3 aromatic rings. The average Bonchev–Trinajstić information content (AvgIpc) is 2.82. The second kappa shape index (κ2) is 9.26. The number of methoxy groups -OCH3 is 1. The Morgan fingerprint density at radius 1 is 1.06 bits per heavy atom. The van der Waals surface area contributed by atoms with E-state index in [1.54, 1.807) is 30.3 Å². The molecule has 0 aliphatic carbocycles. The number of piperazine rings is 1. The van der Waals surface area contributed by atoms with Crippen LogP contribution in [0.3, 0.4) is 0 Å². The minimum absolute atomic E-state index is 0.0234. The number of aryl methyl sites for hydroxylation is 2. The number of carbonyl (C=O) groups excluding carboxylic acids is 1. The Balaban J connectivity index is 1.41. The third-order valence-electron chi connectivity index (χ3n) is 5.82. The number of sulfonamides is 1. The molecule has 1 aromatic heterocycles. The number of carbonyl (C=O) groups is 1. The summed E-state index contributed by atoms with van der Waals surface area (Å²) in [5, 5.41) is 0.802. The molecule has 0 saturated carbocycles. The Morgan fingerprint density at radius 2 is 1.81 bits per heavy atom. The summed E-state index contributed by atoms with van der Waals surface area (Å²) in [6.07, 6.45) is 2.63. The number of benzene rings is 2. The molecular weight excluding hydrogens is 426 g/mol. The summed E-state index contributed by atoms with van der Waals surface area (Å²) in [4.78, 5) is 19.0. The van der Waals surface area contributed by atoms with Gasteiger partial charge in [0.1, 0.15) is 10.6 Å². The van der Waals surface area contributed by atoms with Gasteiger partial charge >= 0.3 is 0 Å². The molecule has 32 heavy (non-hydrogen) atoms. The van der Waals surface area contributed by atoms with Crippen LogP contribution < -0.4 is 4.74 Å². The number of fused-ring (bicyclic) bond motifs is 1. The fraction of sp³-hybridized carbons (Fsp3) is 0.333. The number of amides is 1. The van der Waals surface area contributed by atoms with Crippen LogP contribution in [0.5, 0.6) is 5.75 Å². The predicted molar refractivity (Wildman–Crippen MR) is 123 cm³/mol. The molecule has 1 aliphatic heterocycles. The van der Waals surface area contributed by atoms with Crippen LogP contribution in [0.25, 0.3) is 10.9 Å². The van der Waals surface area contributed by atoms with Crippen molar-refractivity contribution in [2.24, 2.45) is 0 Å². The quantitative estimate of drug-likeness (QED) is 0.573. The number of para-hydroxylation sites is 2. The van der Waals surface area contributed by atoms with Crippen LogP contribution in [0.15, 0.2) is 59.6 Å². The molecule has 0 unspecified atom stereocenters. The molecule has 1 aliphatic rings. The molecule has 1 amide bonds. The van der Waals surface area contributed by atoms with E-state index in [-0.39, 0.29) is 23.9 Å². The van der Waals surface area contributed by atoms with Gasteiger partial charge in [-0.1, -0.05) is 30.3 Å². The Kier molecular flexibility index (Phi) is 6.43. The first kappa shape index (κ1) is 22.2. The minimum atomic E-state index is -3.70. The third kappa shape index (κ3) is 4.47. The second-order valence-electron chi connectivity index (χ2n) is 7.94. The summed E-state index contributed by atoms with van der Waals surface area (Å²) in [6, 6.07) is 14.8. The molecule has 0 N–H and O–H groups in total. The lowest BCUT2D eigenvalue weighted by Crippen LogP contribution is -2.50. The zero-order valence-electron chi connectivity index (χ0n) is 18.3. The summed E-state index contributed by atoms with van der Waals surface area (Å²) in [7, 11) is -2.08. The molecule has 0 radical (unpaired) electrons. The van der Waals surface area contributed by atoms with Crippen molar-refractivity contribution in [1.29, 1.82) is 0 Å². The van der Waals surface area contributed by atoms with Crippen LogP contribution in [0.4, 0.5) is 0 Å². The Hall–Kier alpha value is -2.97. The predicted octanol–water partition coefficient (Wildman–Crippen LogP) is 3.02. The summed E-state index contributed by atoms with van der Waals surface area (Å²) in [5.74, 6) is 0.797. The van der Waals surface area contributed by atoms with Crippen molar-refractivity contribution in [2.75, 3.05) is 33.3 Å². The first-order valence-corrected chi connectivity index (χ1v) is 12.1. The smallest absolute Gasteiger partial charge is 0.245 e. The SMILES string of the molecule is COc1ccccc1CCC(=O)N1CCN(S(=O)(=O)c2cccc3cc(C)cnc23)CC1. The molecule has 4 rings (SSSR count). The fourth-order valence-electron chi connectivity index (χ4n) is 4.08. The summed E-state index contributed by atoms with van der Waals surface area (Å²) >= 11 is 0. The van der Waals surface area contributed by atoms with E-state index in [0.717, 1.165) is 22.3 Å². The number of pyridine rings is 1. The summed E-state index contributed by atoms with van der Waals surface area (Å²) in [6.45, 7) is 3.22. The van der Waals surface area contributed by atoms with Crippen LogP contribution in [0.1, 0.15) is 17.5 Å². The van der Waals surface area contributed by atoms with Gasteiger partial charge in [-0.05, 0) is 42.7 Å². The first-order chi connectivity index (χ1) is 15.4. The van der Waals surface area contributed by atoms with Crippen molar-refractivity contribution < 1.29 is 17.9 Å². The second-order valence-corrected chi connectivity index (χ2v) is 9.84. The van der Waals surface area contributed by atoms with Gasteiger partial charge in [-0.25, -0.2) is 8.42 Å². The van der Waals surface area contributed by atoms with Crippen molar-refractivity contribution in [3.63, 3.8) is 0 Å². The number of rotatable bonds is 6. The van der Waals surface area contributed by atoms with Gasteiger partial charge in [0.15, 0.2) is 0 Å². The highest BCUT2D eigenvalue weighted by atomic mass is 32.2. The van der Waals surface area contributed by atoms with Crippen LogP contribution in [0, 0.1) is 6.92 Å². The average molecular weight is 454 g/mol. The van der Waals surface area contributed by atoms with Gasteiger partial charge in [-0.2, -0.15) is 4.31 Å². The van der Waals surface area contributed by atoms with Crippen LogP contribution in [-0.4, -0.2) is 61.8 Å². The molecule has 1 fully saturated rings. The molecule has 8 heteroatoms. The number of ether oxygens (including phenoxy) is 1. The Bertz CT molecular complexity index is 1230. The van der Waals surface area contributed by atoms with Crippen LogP contribution in [0.2, 0.25) is 0 Å². The lowest BCUT2D eigenvalue weighted by Gasteiger charge is -2.34. The minimum Gasteiger partial charge on any atom is -0.496 e. The van der Waals surface area contributed by atoms with E-state index in [0.29, 0.717) is 31.4 Å². The maximum absolute atomic E-state index is 13.3. The van der Waals surface area contributed by atoms with Gasteiger partial charge in [0, 0.05) is 44.2 Å². The Labute approximate surface area is 188 Å². The van der Waals surface area contributed by atoms with E-state index in [4.69, 9.17) is 4.74 Å². The monoisotopic (exact) mass is 453 g/mol. The number of nitrogens with zero attached hydrogens (tertiary/aromatic N) is 3. The fourth-order valence-corrected chi connectivity index (χ4v) is 5.66. The maximum atomic E-state index is 13.3. The van der Waals surface area contributed by atoms with Gasteiger partial charge in [-0.3, -0.25) is 9.78 Å². The molecule has 0 atom stereocenters. The van der Waals surface area contributed by atoms with Crippen molar-refractivity contribution in [3.8, 4) is 5.75 Å². The normalized spacial score (nSPS) is 15.1. The maximum Gasteiger partial charge on any atom is 0.245 e. The van der Waals surface area contributed by atoms with Gasteiger partial charge < -0.3 is 9.64 Å². The van der Waals surface area contributed by atoms with Gasteiger partial charge in [0.2, 0.25) is 15.9 Å². The lowest BCUT2D eigenvalue weighted by molar-refractivity contribution is -0.132. The molecule has 0 spiro atoms. The largest absolute Gasteiger partial charge is 0.496 e. The van der Waals surface area contributed by atoms with Crippen molar-refractivity contribution in [3.05, 3.63) is 65.9 Å². The van der Waals surface area contributed by atoms with Gasteiger partial charge in [0.25, 0.3) is 0 Å². The zero-order chi connectivity index (χ0) is 22.7. The van der Waals surface area contributed by atoms with E-state index < -0.39 is 10.0 Å². The number of aromatic nitrogens is 1. The van der Waals surface area contributed by atoms with E-state index in [9.17, 15) is 13.2 Å². The van der Waals surface area contributed by atoms with Gasteiger partial charge in [0.05, 0.1) is 12.6 Å².